The minimum absolute atomic E-state index is 0.0862. The first-order valence-electron chi connectivity index (χ1n) is 6.90. The number of aliphatic hydroxyl groups is 1. The van der Waals surface area contributed by atoms with Gasteiger partial charge in [-0.1, -0.05) is 6.07 Å². The molecule has 1 aromatic carbocycles. The maximum Gasteiger partial charge on any atom is 0.172 e. The van der Waals surface area contributed by atoms with Crippen molar-refractivity contribution in [3.05, 3.63) is 35.1 Å². The number of Topliss-reactive ketones (excluding diaryl/α,β-unsaturated/α-hetero) is 1. The monoisotopic (exact) mass is 274 g/mol. The van der Waals surface area contributed by atoms with Crippen LogP contribution in [0, 0.1) is 5.92 Å². The summed E-state index contributed by atoms with van der Waals surface area (Å²) < 4.78 is 5.03. The summed E-state index contributed by atoms with van der Waals surface area (Å²) in [4.78, 5) is 12.4. The van der Waals surface area contributed by atoms with Crippen molar-refractivity contribution in [3.8, 4) is 5.75 Å². The second-order valence-electron chi connectivity index (χ2n) is 5.59. The molecule has 4 nitrogen and oxygen atoms in total. The molecule has 0 aliphatic heterocycles. The van der Waals surface area contributed by atoms with Crippen molar-refractivity contribution in [2.24, 2.45) is 5.92 Å². The highest BCUT2D eigenvalue weighted by molar-refractivity contribution is 6.25. The molecule has 20 heavy (non-hydrogen) atoms. The Kier molecular flexibility index (Phi) is 3.26. The largest absolute Gasteiger partial charge is 0.512 e. The van der Waals surface area contributed by atoms with Crippen LogP contribution >= 0.6 is 0 Å². The molecule has 0 radical (unpaired) electrons. The first kappa shape index (κ1) is 13.2. The number of carbonyl (C=O) groups excluding carboxylic acids is 1. The van der Waals surface area contributed by atoms with Gasteiger partial charge in [0.05, 0.1) is 18.1 Å². The van der Waals surface area contributed by atoms with Gasteiger partial charge in [-0.25, -0.2) is 0 Å². The zero-order valence-electron chi connectivity index (χ0n) is 11.4. The van der Waals surface area contributed by atoms with Crippen molar-refractivity contribution >= 4 is 11.4 Å². The van der Waals surface area contributed by atoms with Gasteiger partial charge in [-0.3, -0.25) is 4.79 Å². The molecule has 3 rings (SSSR count). The summed E-state index contributed by atoms with van der Waals surface area (Å²) in [5.41, 5.74) is 2.11. The van der Waals surface area contributed by atoms with E-state index in [0.717, 1.165) is 18.4 Å². The summed E-state index contributed by atoms with van der Waals surface area (Å²) in [5.74, 6) is 0.277. The molecule has 1 fully saturated rings. The number of phenolic OH excluding ortho intramolecular Hbond substituents is 1. The molecule has 1 aromatic rings. The zero-order valence-corrected chi connectivity index (χ0v) is 11.4. The van der Waals surface area contributed by atoms with Crippen molar-refractivity contribution in [2.75, 3.05) is 13.7 Å². The van der Waals surface area contributed by atoms with Gasteiger partial charge < -0.3 is 14.9 Å². The quantitative estimate of drug-likeness (QED) is 0.886. The van der Waals surface area contributed by atoms with Crippen LogP contribution in [0.5, 0.6) is 5.75 Å². The van der Waals surface area contributed by atoms with Crippen molar-refractivity contribution < 1.29 is 19.7 Å². The lowest BCUT2D eigenvalue weighted by Gasteiger charge is -2.11. The van der Waals surface area contributed by atoms with E-state index in [-0.39, 0.29) is 23.2 Å². The fourth-order valence-electron chi connectivity index (χ4n) is 2.91. The number of phenols is 1. The number of aliphatic hydroxyl groups excluding tert-OH is 1. The van der Waals surface area contributed by atoms with Crippen LogP contribution in [0.4, 0.5) is 0 Å². The van der Waals surface area contributed by atoms with E-state index in [1.54, 1.807) is 19.2 Å². The Balaban J connectivity index is 2.02. The van der Waals surface area contributed by atoms with Gasteiger partial charge >= 0.3 is 0 Å². The Hall–Kier alpha value is -1.81. The van der Waals surface area contributed by atoms with Gasteiger partial charge in [-0.2, -0.15) is 0 Å². The van der Waals surface area contributed by atoms with Gasteiger partial charge in [0.2, 0.25) is 0 Å². The predicted octanol–water partition coefficient (Wildman–Crippen LogP) is 2.77. The number of allylic oxidation sites excluding steroid dienone is 2. The lowest BCUT2D eigenvalue weighted by molar-refractivity contribution is -0.118. The van der Waals surface area contributed by atoms with E-state index in [4.69, 9.17) is 4.74 Å². The number of methoxy groups -OCH3 is 1. The van der Waals surface area contributed by atoms with Gasteiger partial charge in [0.15, 0.2) is 5.78 Å². The van der Waals surface area contributed by atoms with E-state index in [1.165, 1.54) is 0 Å². The summed E-state index contributed by atoms with van der Waals surface area (Å²) >= 11 is 0. The molecule has 0 heterocycles. The van der Waals surface area contributed by atoms with E-state index in [1.807, 2.05) is 6.07 Å². The zero-order chi connectivity index (χ0) is 14.3. The molecule has 106 valence electrons. The first-order valence-corrected chi connectivity index (χ1v) is 6.90. The topological polar surface area (TPSA) is 66.8 Å². The molecule has 0 saturated heterocycles. The Morgan fingerprint density at radius 1 is 1.30 bits per heavy atom. The fraction of sp³-hybridized carbons (Fsp3) is 0.438. The smallest absolute Gasteiger partial charge is 0.172 e. The Morgan fingerprint density at radius 2 is 2.05 bits per heavy atom. The number of ether oxygens (including phenoxy) is 1. The molecule has 2 aliphatic carbocycles. The van der Waals surface area contributed by atoms with Crippen molar-refractivity contribution in [1.82, 2.24) is 0 Å². The van der Waals surface area contributed by atoms with E-state index in [2.05, 4.69) is 0 Å². The fourth-order valence-corrected chi connectivity index (χ4v) is 2.91. The number of carbonyl (C=O) groups is 1. The summed E-state index contributed by atoms with van der Waals surface area (Å²) in [7, 11) is 1.55. The van der Waals surface area contributed by atoms with Gasteiger partial charge in [-0.15, -0.1) is 0 Å². The first-order chi connectivity index (χ1) is 9.61. The predicted molar refractivity (Wildman–Crippen MR) is 74.6 cm³/mol. The van der Waals surface area contributed by atoms with Crippen LogP contribution in [0.15, 0.2) is 24.0 Å². The second kappa shape index (κ2) is 4.94. The van der Waals surface area contributed by atoms with E-state index < -0.39 is 0 Å². The summed E-state index contributed by atoms with van der Waals surface area (Å²) in [6, 6.07) is 5.09. The molecule has 0 amide bonds. The molecular formula is C16H18O4. The number of aromatic hydroxyl groups is 1. The minimum Gasteiger partial charge on any atom is -0.512 e. The Labute approximate surface area is 117 Å². The number of benzene rings is 1. The highest BCUT2D eigenvalue weighted by Crippen LogP contribution is 2.46. The second-order valence-corrected chi connectivity index (χ2v) is 5.59. The van der Waals surface area contributed by atoms with Gasteiger partial charge in [0.25, 0.3) is 0 Å². The van der Waals surface area contributed by atoms with E-state index in [9.17, 15) is 15.0 Å². The highest BCUT2D eigenvalue weighted by atomic mass is 16.5. The van der Waals surface area contributed by atoms with Crippen LogP contribution in [-0.2, 0) is 9.53 Å². The maximum absolute atomic E-state index is 12.4. The molecule has 1 saturated carbocycles. The van der Waals surface area contributed by atoms with Crippen molar-refractivity contribution in [2.45, 2.75) is 25.2 Å². The van der Waals surface area contributed by atoms with Crippen LogP contribution in [0.25, 0.3) is 5.57 Å². The summed E-state index contributed by atoms with van der Waals surface area (Å²) in [5, 5.41) is 19.9. The number of hydrogen-bond acceptors (Lipinski definition) is 4. The molecular weight excluding hydrogens is 256 g/mol. The van der Waals surface area contributed by atoms with Crippen LogP contribution in [0.3, 0.4) is 0 Å². The number of rotatable bonds is 4. The van der Waals surface area contributed by atoms with Crippen LogP contribution in [0.2, 0.25) is 0 Å². The number of ketones is 1. The molecule has 2 N–H and O–H groups in total. The number of hydrogen-bond donors (Lipinski definition) is 2. The maximum atomic E-state index is 12.4. The highest BCUT2D eigenvalue weighted by Gasteiger charge is 2.37. The normalized spacial score (nSPS) is 22.6. The molecule has 1 unspecified atom stereocenters. The summed E-state index contributed by atoms with van der Waals surface area (Å²) in [6.45, 7) is 0.309. The molecule has 2 aliphatic rings. The Morgan fingerprint density at radius 3 is 2.70 bits per heavy atom. The lowest BCUT2D eigenvalue weighted by atomic mass is 9.93. The molecule has 0 spiro atoms. The van der Waals surface area contributed by atoms with Crippen molar-refractivity contribution in [3.63, 3.8) is 0 Å². The molecule has 0 bridgehead atoms. The van der Waals surface area contributed by atoms with Crippen LogP contribution in [-0.4, -0.2) is 29.7 Å². The SMILES string of the molecule is COCC1CC(O)=C(c2cc(O)ccc2C2CC2)C1=O. The average molecular weight is 274 g/mol. The Bertz CT molecular complexity index is 584. The minimum atomic E-state index is -0.315. The van der Waals surface area contributed by atoms with E-state index >= 15 is 0 Å². The van der Waals surface area contributed by atoms with Gasteiger partial charge in [-0.05, 0) is 42.0 Å². The molecule has 4 heteroatoms. The molecule has 0 aromatic heterocycles. The van der Waals surface area contributed by atoms with Crippen LogP contribution < -0.4 is 0 Å². The third-order valence-electron chi connectivity index (χ3n) is 4.04. The third-order valence-corrected chi connectivity index (χ3v) is 4.04. The van der Waals surface area contributed by atoms with Crippen molar-refractivity contribution in [1.29, 1.82) is 0 Å². The lowest BCUT2D eigenvalue weighted by Crippen LogP contribution is -2.15. The standard InChI is InChI=1S/C16H18O4/c1-20-8-10-6-14(18)15(16(10)19)13-7-11(17)4-5-12(13)9-2-3-9/h4-5,7,9-10,17-18H,2-3,6,8H2,1H3. The van der Waals surface area contributed by atoms with Crippen LogP contribution in [0.1, 0.15) is 36.3 Å². The molecule has 1 atom stereocenters. The summed E-state index contributed by atoms with van der Waals surface area (Å²) in [6.07, 6.45) is 2.52. The average Bonchev–Trinajstić information content (AvgIpc) is 3.19. The van der Waals surface area contributed by atoms with Gasteiger partial charge in [0.1, 0.15) is 11.5 Å². The van der Waals surface area contributed by atoms with Gasteiger partial charge in [0, 0.05) is 13.5 Å². The van der Waals surface area contributed by atoms with E-state index in [0.29, 0.717) is 30.1 Å². The third kappa shape index (κ3) is 2.20.